The highest BCUT2D eigenvalue weighted by Crippen LogP contribution is 2.31. The molecule has 0 saturated heterocycles. The molecule has 2 aromatic heterocycles. The second-order valence-electron chi connectivity index (χ2n) is 8.10. The van der Waals surface area contributed by atoms with Gasteiger partial charge in [0.25, 0.3) is 0 Å². The first-order valence-electron chi connectivity index (χ1n) is 11.3. The Balaban J connectivity index is 1.65. The lowest BCUT2D eigenvalue weighted by atomic mass is 10.1. The van der Waals surface area contributed by atoms with Crippen molar-refractivity contribution in [1.82, 2.24) is 19.1 Å². The number of benzene rings is 2. The summed E-state index contributed by atoms with van der Waals surface area (Å²) in [6, 6.07) is 6.33. The molecule has 8 N–H and O–H groups in total. The lowest BCUT2D eigenvalue weighted by Gasteiger charge is -2.11. The van der Waals surface area contributed by atoms with Crippen molar-refractivity contribution in [2.24, 2.45) is 11.5 Å². The molecule has 0 spiro atoms. The predicted octanol–water partition coefficient (Wildman–Crippen LogP) is 1.80. The van der Waals surface area contributed by atoms with E-state index in [-0.39, 0.29) is 17.5 Å². The number of hydrogen-bond donors (Lipinski definition) is 4. The Bertz CT molecular complexity index is 1500. The van der Waals surface area contributed by atoms with Crippen molar-refractivity contribution >= 4 is 45.8 Å². The summed E-state index contributed by atoms with van der Waals surface area (Å²) < 4.78 is 14.9. The third-order valence-corrected chi connectivity index (χ3v) is 5.67. The molecule has 0 unspecified atom stereocenters. The Labute approximate surface area is 206 Å². The van der Waals surface area contributed by atoms with Crippen molar-refractivity contribution in [3.63, 3.8) is 0 Å². The molecule has 0 fully saturated rings. The summed E-state index contributed by atoms with van der Waals surface area (Å²) >= 11 is 0. The van der Waals surface area contributed by atoms with E-state index in [1.165, 1.54) is 7.11 Å². The molecule has 4 rings (SSSR count). The van der Waals surface area contributed by atoms with Crippen molar-refractivity contribution < 1.29 is 19.1 Å². The minimum Gasteiger partial charge on any atom is -0.494 e. The van der Waals surface area contributed by atoms with Crippen LogP contribution in [0.4, 0.5) is 11.9 Å². The van der Waals surface area contributed by atoms with E-state index in [0.717, 1.165) is 6.42 Å². The molecule has 12 nitrogen and oxygen atoms in total. The second-order valence-corrected chi connectivity index (χ2v) is 8.10. The summed E-state index contributed by atoms with van der Waals surface area (Å²) in [5.74, 6) is 0.294. The predicted molar refractivity (Wildman–Crippen MR) is 137 cm³/mol. The molecule has 0 aliphatic rings. The molecule has 0 saturated carbocycles. The van der Waals surface area contributed by atoms with Gasteiger partial charge in [-0.15, -0.1) is 0 Å². The van der Waals surface area contributed by atoms with Gasteiger partial charge in [0.15, 0.2) is 0 Å². The number of nitrogen functional groups attached to an aromatic ring is 2. The average molecular weight is 493 g/mol. The van der Waals surface area contributed by atoms with Crippen LogP contribution in [0.2, 0.25) is 0 Å². The van der Waals surface area contributed by atoms with Crippen LogP contribution in [0.15, 0.2) is 36.4 Å². The first-order chi connectivity index (χ1) is 17.2. The number of anilines is 2. The molecule has 4 aromatic rings. The normalized spacial score (nSPS) is 11.5. The lowest BCUT2D eigenvalue weighted by Crippen LogP contribution is -2.11. The third-order valence-electron chi connectivity index (χ3n) is 5.67. The molecule has 12 heteroatoms. The summed E-state index contributed by atoms with van der Waals surface area (Å²) in [6.07, 6.45) is 4.59. The van der Waals surface area contributed by atoms with Crippen LogP contribution in [-0.2, 0) is 13.1 Å². The number of fused-ring (bicyclic) bond motifs is 2. The van der Waals surface area contributed by atoms with E-state index in [1.54, 1.807) is 33.4 Å². The number of rotatable bonds is 10. The number of nitrogens with zero attached hydrogens (tertiary/aromatic N) is 4. The fraction of sp³-hybridized carbons (Fsp3) is 0.250. The maximum absolute atomic E-state index is 11.7. The molecule has 188 valence electrons. The number of ether oxygens (including phenoxy) is 2. The van der Waals surface area contributed by atoms with Crippen molar-refractivity contribution in [3.05, 3.63) is 47.5 Å². The van der Waals surface area contributed by atoms with Gasteiger partial charge in [-0.3, -0.25) is 9.59 Å². The number of hydrogen-bond acceptors (Lipinski definition) is 8. The summed E-state index contributed by atoms with van der Waals surface area (Å²) in [5, 5.41) is 0. The number of allylic oxidation sites excluding steroid dienone is 2. The molecule has 0 aliphatic carbocycles. The Morgan fingerprint density at radius 2 is 1.33 bits per heavy atom. The van der Waals surface area contributed by atoms with Crippen LogP contribution < -0.4 is 32.4 Å². The van der Waals surface area contributed by atoms with Crippen LogP contribution in [0.5, 0.6) is 11.5 Å². The minimum absolute atomic E-state index is 0.261. The van der Waals surface area contributed by atoms with Crippen molar-refractivity contribution in [3.8, 4) is 11.5 Å². The number of carbonyl (C=O) groups is 2. The maximum Gasteiger partial charge on any atom is 0.248 e. The highest BCUT2D eigenvalue weighted by atomic mass is 16.5. The molecule has 36 heavy (non-hydrogen) atoms. The van der Waals surface area contributed by atoms with Crippen LogP contribution in [0.3, 0.4) is 0 Å². The van der Waals surface area contributed by atoms with Crippen molar-refractivity contribution in [2.75, 3.05) is 25.2 Å². The summed E-state index contributed by atoms with van der Waals surface area (Å²) in [7, 11) is 1.50. The van der Waals surface area contributed by atoms with Gasteiger partial charge in [0.1, 0.15) is 22.5 Å². The van der Waals surface area contributed by atoms with E-state index in [0.29, 0.717) is 58.8 Å². The van der Waals surface area contributed by atoms with Crippen LogP contribution in [0.25, 0.3) is 22.1 Å². The fourth-order valence-electron chi connectivity index (χ4n) is 3.99. The Hall–Kier alpha value is -4.74. The number of methoxy groups -OCH3 is 1. The molecule has 0 atom stereocenters. The summed E-state index contributed by atoms with van der Waals surface area (Å²) in [6.45, 7) is 3.21. The van der Waals surface area contributed by atoms with E-state index in [4.69, 9.17) is 32.4 Å². The average Bonchev–Trinajstić information content (AvgIpc) is 3.34. The molecule has 2 heterocycles. The zero-order valence-corrected chi connectivity index (χ0v) is 20.0. The Morgan fingerprint density at radius 1 is 0.861 bits per heavy atom. The van der Waals surface area contributed by atoms with Gasteiger partial charge in [0.2, 0.25) is 23.7 Å². The number of imidazole rings is 2. The first-order valence-corrected chi connectivity index (χ1v) is 11.3. The zero-order chi connectivity index (χ0) is 26.0. The Kier molecular flexibility index (Phi) is 6.68. The maximum atomic E-state index is 11.7. The molecule has 0 bridgehead atoms. The van der Waals surface area contributed by atoms with Crippen LogP contribution >= 0.6 is 0 Å². The van der Waals surface area contributed by atoms with E-state index in [1.807, 2.05) is 19.1 Å². The quantitative estimate of drug-likeness (QED) is 0.241. The molecule has 2 amide bonds. The van der Waals surface area contributed by atoms with Gasteiger partial charge in [-0.25, -0.2) is 9.97 Å². The number of amides is 2. The van der Waals surface area contributed by atoms with E-state index < -0.39 is 11.8 Å². The van der Waals surface area contributed by atoms with Crippen molar-refractivity contribution in [2.45, 2.75) is 26.4 Å². The van der Waals surface area contributed by atoms with Gasteiger partial charge < -0.3 is 41.5 Å². The number of carbonyl (C=O) groups excluding carboxylic acids is 2. The SMILES string of the molecule is CCCOc1cc(C(N)=O)cc2nc(N)n(C/C=C/Cn3c(N)nc4cc(C(N)=O)cc(OC)c43)c12. The van der Waals surface area contributed by atoms with Gasteiger partial charge in [-0.2, -0.15) is 0 Å². The van der Waals surface area contributed by atoms with Crippen LogP contribution in [-0.4, -0.2) is 44.6 Å². The number of nitrogens with two attached hydrogens (primary N) is 4. The molecular weight excluding hydrogens is 464 g/mol. The fourth-order valence-corrected chi connectivity index (χ4v) is 3.99. The molecule has 0 radical (unpaired) electrons. The lowest BCUT2D eigenvalue weighted by molar-refractivity contribution is 0.0991. The zero-order valence-electron chi connectivity index (χ0n) is 20.0. The third kappa shape index (κ3) is 4.48. The van der Waals surface area contributed by atoms with Gasteiger partial charge in [-0.1, -0.05) is 19.1 Å². The van der Waals surface area contributed by atoms with Crippen molar-refractivity contribution in [1.29, 1.82) is 0 Å². The highest BCUT2D eigenvalue weighted by molar-refractivity contribution is 5.99. The van der Waals surface area contributed by atoms with E-state index in [9.17, 15) is 9.59 Å². The standard InChI is InChI=1S/C24H28N8O4/c1-3-8-36-18-12-14(22(26)34)10-16-20(18)32(24(28)30-16)7-5-4-6-31-19-15(29-23(31)27)9-13(21(25)33)11-17(19)35-2/h4-5,9-12H,3,6-8H2,1-2H3,(H2,25,33)(H2,26,34)(H2,27,29)(H2,28,30)/b5-4+. The van der Waals surface area contributed by atoms with Crippen LogP contribution in [0.1, 0.15) is 34.1 Å². The molecular formula is C24H28N8O4. The second kappa shape index (κ2) is 9.86. The number of aromatic nitrogens is 4. The molecule has 0 aliphatic heterocycles. The monoisotopic (exact) mass is 492 g/mol. The summed E-state index contributed by atoms with van der Waals surface area (Å²) in [5.41, 5.74) is 26.1. The molecule has 2 aromatic carbocycles. The van der Waals surface area contributed by atoms with Gasteiger partial charge >= 0.3 is 0 Å². The topological polar surface area (TPSA) is 192 Å². The van der Waals surface area contributed by atoms with Gasteiger partial charge in [0, 0.05) is 24.2 Å². The highest BCUT2D eigenvalue weighted by Gasteiger charge is 2.18. The van der Waals surface area contributed by atoms with Gasteiger partial charge in [0.05, 0.1) is 24.8 Å². The minimum atomic E-state index is -0.585. The number of primary amides is 2. The van der Waals surface area contributed by atoms with E-state index in [2.05, 4.69) is 9.97 Å². The smallest absolute Gasteiger partial charge is 0.248 e. The van der Waals surface area contributed by atoms with Gasteiger partial charge in [-0.05, 0) is 30.7 Å². The van der Waals surface area contributed by atoms with E-state index >= 15 is 0 Å². The first kappa shape index (κ1) is 24.4. The summed E-state index contributed by atoms with van der Waals surface area (Å²) in [4.78, 5) is 32.1. The van der Waals surface area contributed by atoms with Crippen LogP contribution in [0, 0.1) is 0 Å². The largest absolute Gasteiger partial charge is 0.494 e. The Morgan fingerprint density at radius 3 is 1.78 bits per heavy atom.